The van der Waals surface area contributed by atoms with Gasteiger partial charge in [0.1, 0.15) is 11.5 Å². The maximum Gasteiger partial charge on any atom is 0.243 e. The molecule has 2 amide bonds. The normalized spacial score (nSPS) is 10.1. The van der Waals surface area contributed by atoms with Gasteiger partial charge in [0.25, 0.3) is 0 Å². The molecule has 144 valence electrons. The first-order valence-corrected chi connectivity index (χ1v) is 8.47. The lowest BCUT2D eigenvalue weighted by Gasteiger charge is -2.15. The van der Waals surface area contributed by atoms with E-state index in [-0.39, 0.29) is 24.8 Å². The molecule has 0 heterocycles. The highest BCUT2D eigenvalue weighted by molar-refractivity contribution is 5.94. The minimum absolute atomic E-state index is 0.00261. The summed E-state index contributed by atoms with van der Waals surface area (Å²) >= 11 is 0. The van der Waals surface area contributed by atoms with Crippen LogP contribution in [0.15, 0.2) is 42.5 Å². The molecule has 0 aromatic heterocycles. The van der Waals surface area contributed by atoms with Gasteiger partial charge in [-0.25, -0.2) is 0 Å². The number of methoxy groups -OCH3 is 2. The molecule has 0 unspecified atom stereocenters. The van der Waals surface area contributed by atoms with Crippen LogP contribution in [0.2, 0.25) is 0 Å². The van der Waals surface area contributed by atoms with Gasteiger partial charge >= 0.3 is 0 Å². The van der Waals surface area contributed by atoms with Crippen LogP contribution in [0.1, 0.15) is 5.56 Å². The van der Waals surface area contributed by atoms with Crippen LogP contribution in [0.25, 0.3) is 0 Å². The summed E-state index contributed by atoms with van der Waals surface area (Å²) in [4.78, 5) is 25.8. The van der Waals surface area contributed by atoms with E-state index in [2.05, 4.69) is 10.6 Å². The average Bonchev–Trinajstić information content (AvgIpc) is 2.66. The fourth-order valence-corrected chi connectivity index (χ4v) is 2.43. The second-order valence-electron chi connectivity index (χ2n) is 6.13. The van der Waals surface area contributed by atoms with Crippen LogP contribution in [0.4, 0.5) is 11.4 Å². The van der Waals surface area contributed by atoms with E-state index in [4.69, 9.17) is 9.47 Å². The molecule has 0 radical (unpaired) electrons. The standard InChI is InChI=1S/C20H25N3O4/c1-23(2)20(25)9-14-7-5-6-8-18(14)21-13-19(24)22-15-10-16(26-3)12-17(11-15)27-4/h5-8,10-12,21H,9,13H2,1-4H3,(H,22,24). The van der Waals surface area contributed by atoms with Gasteiger partial charge < -0.3 is 25.0 Å². The quantitative estimate of drug-likeness (QED) is 0.745. The van der Waals surface area contributed by atoms with Crippen molar-refractivity contribution in [3.8, 4) is 11.5 Å². The number of carbonyl (C=O) groups is 2. The lowest BCUT2D eigenvalue weighted by molar-refractivity contribution is -0.127. The molecule has 0 aliphatic rings. The first kappa shape index (κ1) is 20.1. The third-order valence-corrected chi connectivity index (χ3v) is 3.93. The van der Waals surface area contributed by atoms with Gasteiger partial charge in [0.05, 0.1) is 27.2 Å². The monoisotopic (exact) mass is 371 g/mol. The fourth-order valence-electron chi connectivity index (χ4n) is 2.43. The van der Waals surface area contributed by atoms with Crippen LogP contribution in [-0.4, -0.2) is 51.6 Å². The summed E-state index contributed by atoms with van der Waals surface area (Å²) in [5.74, 6) is 0.950. The van der Waals surface area contributed by atoms with Crippen LogP contribution in [-0.2, 0) is 16.0 Å². The first-order valence-electron chi connectivity index (χ1n) is 8.47. The molecule has 2 aromatic carbocycles. The Morgan fingerprint density at radius 1 is 1.00 bits per heavy atom. The second kappa shape index (κ2) is 9.47. The summed E-state index contributed by atoms with van der Waals surface area (Å²) in [6, 6.07) is 12.6. The summed E-state index contributed by atoms with van der Waals surface area (Å²) in [5.41, 5.74) is 2.17. The molecule has 0 spiro atoms. The van der Waals surface area contributed by atoms with E-state index in [1.54, 1.807) is 51.4 Å². The van der Waals surface area contributed by atoms with Crippen molar-refractivity contribution in [3.63, 3.8) is 0 Å². The number of hydrogen-bond acceptors (Lipinski definition) is 5. The Labute approximate surface area is 159 Å². The number of carbonyl (C=O) groups excluding carboxylic acids is 2. The van der Waals surface area contributed by atoms with Crippen molar-refractivity contribution in [1.29, 1.82) is 0 Å². The van der Waals surface area contributed by atoms with Crippen LogP contribution in [0, 0.1) is 0 Å². The predicted octanol–water partition coefficient (Wildman–Crippen LogP) is 2.39. The Hall–Kier alpha value is -3.22. The molecule has 0 aliphatic heterocycles. The van der Waals surface area contributed by atoms with E-state index in [9.17, 15) is 9.59 Å². The number of hydrogen-bond donors (Lipinski definition) is 2. The zero-order chi connectivity index (χ0) is 19.8. The van der Waals surface area contributed by atoms with Gasteiger partial charge in [0.2, 0.25) is 11.8 Å². The van der Waals surface area contributed by atoms with Gasteiger partial charge in [-0.15, -0.1) is 0 Å². The minimum atomic E-state index is -0.223. The number of amides is 2. The SMILES string of the molecule is COc1cc(NC(=O)CNc2ccccc2CC(=O)N(C)C)cc(OC)c1. The summed E-state index contributed by atoms with van der Waals surface area (Å²) in [6.07, 6.45) is 0.269. The highest BCUT2D eigenvalue weighted by Crippen LogP contribution is 2.25. The number of anilines is 2. The van der Waals surface area contributed by atoms with E-state index in [1.807, 2.05) is 24.3 Å². The lowest BCUT2D eigenvalue weighted by Crippen LogP contribution is -2.25. The molecule has 0 atom stereocenters. The molecule has 0 saturated heterocycles. The van der Waals surface area contributed by atoms with E-state index < -0.39 is 0 Å². The van der Waals surface area contributed by atoms with Gasteiger partial charge in [-0.05, 0) is 11.6 Å². The molecule has 27 heavy (non-hydrogen) atoms. The number of ether oxygens (including phenoxy) is 2. The molecule has 0 aliphatic carbocycles. The number of rotatable bonds is 8. The molecule has 0 saturated carbocycles. The second-order valence-corrected chi connectivity index (χ2v) is 6.13. The number of nitrogens with zero attached hydrogens (tertiary/aromatic N) is 1. The molecule has 2 N–H and O–H groups in total. The van der Waals surface area contributed by atoms with E-state index >= 15 is 0 Å². The van der Waals surface area contributed by atoms with Gasteiger partial charge in [0.15, 0.2) is 0 Å². The largest absolute Gasteiger partial charge is 0.497 e. The number of nitrogens with one attached hydrogen (secondary N) is 2. The molecular formula is C20H25N3O4. The summed E-state index contributed by atoms with van der Waals surface area (Å²) in [5, 5.41) is 5.89. The molecule has 0 bridgehead atoms. The Bertz CT molecular complexity index is 783. The highest BCUT2D eigenvalue weighted by Gasteiger charge is 2.11. The van der Waals surface area contributed by atoms with Gasteiger partial charge in [-0.1, -0.05) is 18.2 Å². The summed E-state index contributed by atoms with van der Waals surface area (Å²) < 4.78 is 10.4. The van der Waals surface area contributed by atoms with Crippen molar-refractivity contribution in [3.05, 3.63) is 48.0 Å². The van der Waals surface area contributed by atoms with Crippen LogP contribution < -0.4 is 20.1 Å². The Balaban J connectivity index is 2.01. The topological polar surface area (TPSA) is 79.9 Å². The van der Waals surface area contributed by atoms with E-state index in [0.29, 0.717) is 17.2 Å². The van der Waals surface area contributed by atoms with Crippen molar-refractivity contribution in [2.45, 2.75) is 6.42 Å². The van der Waals surface area contributed by atoms with E-state index in [0.717, 1.165) is 11.3 Å². The third-order valence-electron chi connectivity index (χ3n) is 3.93. The average molecular weight is 371 g/mol. The van der Waals surface area contributed by atoms with Crippen LogP contribution >= 0.6 is 0 Å². The smallest absolute Gasteiger partial charge is 0.243 e. The summed E-state index contributed by atoms with van der Waals surface area (Å²) in [7, 11) is 6.53. The van der Waals surface area contributed by atoms with Gasteiger partial charge in [-0.2, -0.15) is 0 Å². The van der Waals surface area contributed by atoms with Crippen molar-refractivity contribution in [2.24, 2.45) is 0 Å². The zero-order valence-electron chi connectivity index (χ0n) is 16.0. The lowest BCUT2D eigenvalue weighted by atomic mass is 10.1. The molecule has 7 heteroatoms. The number of benzene rings is 2. The number of likely N-dealkylation sites (N-methyl/N-ethyl adjacent to an activating group) is 1. The molecular weight excluding hydrogens is 346 g/mol. The van der Waals surface area contributed by atoms with E-state index in [1.165, 1.54) is 0 Å². The first-order chi connectivity index (χ1) is 12.9. The Morgan fingerprint density at radius 3 is 2.22 bits per heavy atom. The van der Waals surface area contributed by atoms with Crippen molar-refractivity contribution < 1.29 is 19.1 Å². The molecule has 2 rings (SSSR count). The predicted molar refractivity (Wildman–Crippen MR) is 106 cm³/mol. The summed E-state index contributed by atoms with van der Waals surface area (Å²) in [6.45, 7) is 0.0622. The number of para-hydroxylation sites is 1. The maximum atomic E-state index is 12.3. The van der Waals surface area contributed by atoms with Gasteiger partial charge in [-0.3, -0.25) is 9.59 Å². The Kier molecular flexibility index (Phi) is 7.05. The molecule has 7 nitrogen and oxygen atoms in total. The van der Waals surface area contributed by atoms with Crippen molar-refractivity contribution in [1.82, 2.24) is 4.90 Å². The van der Waals surface area contributed by atoms with Crippen molar-refractivity contribution in [2.75, 3.05) is 45.5 Å². The minimum Gasteiger partial charge on any atom is -0.497 e. The zero-order valence-corrected chi connectivity index (χ0v) is 16.0. The van der Waals surface area contributed by atoms with Crippen LogP contribution in [0.3, 0.4) is 0 Å². The molecule has 0 fully saturated rings. The fraction of sp³-hybridized carbons (Fsp3) is 0.300. The van der Waals surface area contributed by atoms with Crippen molar-refractivity contribution >= 4 is 23.2 Å². The molecule has 2 aromatic rings. The van der Waals surface area contributed by atoms with Gasteiger partial charge in [0, 0.05) is 43.7 Å². The maximum absolute atomic E-state index is 12.3. The highest BCUT2D eigenvalue weighted by atomic mass is 16.5. The van der Waals surface area contributed by atoms with Crippen LogP contribution in [0.5, 0.6) is 11.5 Å². The third kappa shape index (κ3) is 5.91. The Morgan fingerprint density at radius 2 is 1.63 bits per heavy atom.